The second-order valence-electron chi connectivity index (χ2n) is 4.64. The molecule has 1 aliphatic heterocycles. The van der Waals surface area contributed by atoms with E-state index in [9.17, 15) is 0 Å². The normalized spacial score (nSPS) is 26.5. The van der Waals surface area contributed by atoms with Crippen LogP contribution in [-0.4, -0.2) is 37.6 Å². The van der Waals surface area contributed by atoms with E-state index >= 15 is 0 Å². The molecule has 2 nitrogen and oxygen atoms in total. The summed E-state index contributed by atoms with van der Waals surface area (Å²) in [6.45, 7) is 9.84. The molecular formula is C13H24N2. The Kier molecular flexibility index (Phi) is 5.14. The van der Waals surface area contributed by atoms with Gasteiger partial charge in [0.05, 0.1) is 6.54 Å². The predicted octanol–water partition coefficient (Wildman–Crippen LogP) is 1.72. The van der Waals surface area contributed by atoms with Gasteiger partial charge in [0.25, 0.3) is 0 Å². The molecule has 1 atom stereocenters. The van der Waals surface area contributed by atoms with Crippen molar-refractivity contribution in [2.45, 2.75) is 33.1 Å². The van der Waals surface area contributed by atoms with Crippen LogP contribution in [0, 0.1) is 17.8 Å². The Morgan fingerprint density at radius 2 is 2.27 bits per heavy atom. The predicted molar refractivity (Wildman–Crippen MR) is 65.8 cm³/mol. The average molecular weight is 208 g/mol. The lowest BCUT2D eigenvalue weighted by Gasteiger charge is -2.40. The average Bonchev–Trinajstić information content (AvgIpc) is 2.30. The highest BCUT2D eigenvalue weighted by atomic mass is 15.1. The van der Waals surface area contributed by atoms with Crippen LogP contribution in [0.4, 0.5) is 0 Å². The van der Waals surface area contributed by atoms with Gasteiger partial charge < -0.3 is 5.32 Å². The van der Waals surface area contributed by atoms with Crippen molar-refractivity contribution in [1.82, 2.24) is 10.2 Å². The van der Waals surface area contributed by atoms with Gasteiger partial charge >= 0.3 is 0 Å². The fourth-order valence-corrected chi connectivity index (χ4v) is 2.46. The van der Waals surface area contributed by atoms with Crippen molar-refractivity contribution in [3.8, 4) is 12.3 Å². The summed E-state index contributed by atoms with van der Waals surface area (Å²) in [4.78, 5) is 2.39. The summed E-state index contributed by atoms with van der Waals surface area (Å²) in [6.07, 6.45) is 9.29. The Morgan fingerprint density at radius 3 is 2.73 bits per heavy atom. The van der Waals surface area contributed by atoms with E-state index in [1.807, 2.05) is 0 Å². The summed E-state index contributed by atoms with van der Waals surface area (Å²) in [5.41, 5.74) is 0.463. The minimum absolute atomic E-state index is 0.463. The topological polar surface area (TPSA) is 15.3 Å². The molecule has 0 aromatic rings. The molecule has 86 valence electrons. The van der Waals surface area contributed by atoms with Gasteiger partial charge in [-0.2, -0.15) is 0 Å². The molecule has 0 spiro atoms. The van der Waals surface area contributed by atoms with E-state index in [0.717, 1.165) is 26.2 Å². The van der Waals surface area contributed by atoms with Gasteiger partial charge in [0.2, 0.25) is 0 Å². The van der Waals surface area contributed by atoms with E-state index in [4.69, 9.17) is 6.42 Å². The Bertz CT molecular complexity index is 211. The number of hydrogen-bond acceptors (Lipinski definition) is 2. The van der Waals surface area contributed by atoms with Gasteiger partial charge in [-0.05, 0) is 37.8 Å². The third-order valence-corrected chi connectivity index (χ3v) is 3.63. The van der Waals surface area contributed by atoms with Gasteiger partial charge in [-0.25, -0.2) is 0 Å². The van der Waals surface area contributed by atoms with E-state index in [-0.39, 0.29) is 0 Å². The van der Waals surface area contributed by atoms with Crippen LogP contribution in [-0.2, 0) is 0 Å². The van der Waals surface area contributed by atoms with Crippen LogP contribution in [0.1, 0.15) is 33.1 Å². The van der Waals surface area contributed by atoms with Crippen molar-refractivity contribution >= 4 is 0 Å². The second kappa shape index (κ2) is 6.15. The van der Waals surface area contributed by atoms with E-state index < -0.39 is 0 Å². The van der Waals surface area contributed by atoms with Crippen LogP contribution in [0.25, 0.3) is 0 Å². The van der Waals surface area contributed by atoms with Crippen LogP contribution < -0.4 is 5.32 Å². The standard InChI is InChI=1S/C13H24N2/c1-4-10-15(6-3)12-13(5-2)8-7-9-14-11-13/h1,14H,5-12H2,2-3H3. The molecule has 1 aliphatic rings. The smallest absolute Gasteiger partial charge is 0.0599 e. The molecule has 1 fully saturated rings. The number of nitrogens with zero attached hydrogens (tertiary/aromatic N) is 1. The van der Waals surface area contributed by atoms with Gasteiger partial charge in [0.1, 0.15) is 0 Å². The molecule has 1 heterocycles. The van der Waals surface area contributed by atoms with Crippen molar-refractivity contribution in [2.75, 3.05) is 32.7 Å². The van der Waals surface area contributed by atoms with Crippen LogP contribution in [0.2, 0.25) is 0 Å². The highest BCUT2D eigenvalue weighted by Gasteiger charge is 2.31. The Labute approximate surface area is 94.4 Å². The molecule has 1 rings (SSSR count). The first-order chi connectivity index (χ1) is 7.26. The molecule has 1 N–H and O–H groups in total. The molecular weight excluding hydrogens is 184 g/mol. The number of piperidine rings is 1. The Balaban J connectivity index is 2.53. The van der Waals surface area contributed by atoms with Gasteiger partial charge in [0.15, 0.2) is 0 Å². The van der Waals surface area contributed by atoms with Crippen LogP contribution in [0.5, 0.6) is 0 Å². The molecule has 0 aromatic carbocycles. The SMILES string of the molecule is C#CCN(CC)CC1(CC)CCCNC1. The summed E-state index contributed by atoms with van der Waals surface area (Å²) >= 11 is 0. The van der Waals surface area contributed by atoms with Crippen molar-refractivity contribution in [3.05, 3.63) is 0 Å². The molecule has 0 radical (unpaired) electrons. The molecule has 0 aromatic heterocycles. The minimum Gasteiger partial charge on any atom is -0.316 e. The van der Waals surface area contributed by atoms with Crippen molar-refractivity contribution in [3.63, 3.8) is 0 Å². The molecule has 15 heavy (non-hydrogen) atoms. The van der Waals surface area contributed by atoms with E-state index in [1.54, 1.807) is 0 Å². The van der Waals surface area contributed by atoms with Gasteiger partial charge in [-0.3, -0.25) is 4.90 Å². The first-order valence-corrected chi connectivity index (χ1v) is 6.13. The highest BCUT2D eigenvalue weighted by Crippen LogP contribution is 2.30. The van der Waals surface area contributed by atoms with Crippen LogP contribution in [0.15, 0.2) is 0 Å². The fourth-order valence-electron chi connectivity index (χ4n) is 2.46. The van der Waals surface area contributed by atoms with Crippen molar-refractivity contribution in [2.24, 2.45) is 5.41 Å². The quantitative estimate of drug-likeness (QED) is 0.692. The zero-order valence-electron chi connectivity index (χ0n) is 10.2. The molecule has 0 bridgehead atoms. The number of hydrogen-bond donors (Lipinski definition) is 1. The molecule has 0 amide bonds. The Morgan fingerprint density at radius 1 is 1.47 bits per heavy atom. The summed E-state index contributed by atoms with van der Waals surface area (Å²) in [5.74, 6) is 2.76. The maximum absolute atomic E-state index is 5.39. The van der Waals surface area contributed by atoms with Crippen LogP contribution >= 0.6 is 0 Å². The lowest BCUT2D eigenvalue weighted by atomic mass is 9.78. The van der Waals surface area contributed by atoms with Gasteiger partial charge in [-0.1, -0.05) is 19.8 Å². The molecule has 1 unspecified atom stereocenters. The second-order valence-corrected chi connectivity index (χ2v) is 4.64. The Hall–Kier alpha value is -0.520. The van der Waals surface area contributed by atoms with Gasteiger partial charge in [-0.15, -0.1) is 6.42 Å². The third-order valence-electron chi connectivity index (χ3n) is 3.63. The zero-order chi connectivity index (χ0) is 11.1. The maximum atomic E-state index is 5.39. The molecule has 0 aliphatic carbocycles. The summed E-state index contributed by atoms with van der Waals surface area (Å²) in [5, 5.41) is 3.52. The first kappa shape index (κ1) is 12.5. The van der Waals surface area contributed by atoms with E-state index in [0.29, 0.717) is 5.41 Å². The molecule has 0 saturated carbocycles. The fraction of sp³-hybridized carbons (Fsp3) is 0.846. The monoisotopic (exact) mass is 208 g/mol. The first-order valence-electron chi connectivity index (χ1n) is 6.13. The highest BCUT2D eigenvalue weighted by molar-refractivity contribution is 4.92. The lowest BCUT2D eigenvalue weighted by Crippen LogP contribution is -2.47. The minimum atomic E-state index is 0.463. The largest absolute Gasteiger partial charge is 0.316 e. The van der Waals surface area contributed by atoms with E-state index in [2.05, 4.69) is 30.0 Å². The zero-order valence-corrected chi connectivity index (χ0v) is 10.2. The van der Waals surface area contributed by atoms with E-state index in [1.165, 1.54) is 25.8 Å². The summed E-state index contributed by atoms with van der Waals surface area (Å²) in [7, 11) is 0. The number of nitrogens with one attached hydrogen (secondary N) is 1. The third kappa shape index (κ3) is 3.52. The van der Waals surface area contributed by atoms with Crippen molar-refractivity contribution in [1.29, 1.82) is 0 Å². The summed E-state index contributed by atoms with van der Waals surface area (Å²) in [6, 6.07) is 0. The number of rotatable bonds is 5. The number of terminal acetylenes is 1. The molecule has 2 heteroatoms. The molecule has 1 saturated heterocycles. The van der Waals surface area contributed by atoms with Crippen LogP contribution in [0.3, 0.4) is 0 Å². The van der Waals surface area contributed by atoms with Gasteiger partial charge in [0, 0.05) is 13.1 Å². The van der Waals surface area contributed by atoms with Crippen molar-refractivity contribution < 1.29 is 0 Å². The lowest BCUT2D eigenvalue weighted by molar-refractivity contribution is 0.124. The summed E-state index contributed by atoms with van der Waals surface area (Å²) < 4.78 is 0. The maximum Gasteiger partial charge on any atom is 0.0599 e.